The largest absolute Gasteiger partial charge is 0.368 e. The SMILES string of the molecule is O=C(NC(Cc1c[nH]c2ccccc12)C(=O)Nc1ccncc1)c1ccc(N2CCN(c3ccc(Cl)c(Cl)c3)CC2)cc1F. The molecule has 3 aromatic carbocycles. The minimum Gasteiger partial charge on any atom is -0.368 e. The molecule has 0 saturated carbocycles. The van der Waals surface area contributed by atoms with Gasteiger partial charge in [0.2, 0.25) is 5.91 Å². The quantitative estimate of drug-likeness (QED) is 0.187. The van der Waals surface area contributed by atoms with Gasteiger partial charge >= 0.3 is 0 Å². The Kier molecular flexibility index (Phi) is 8.67. The van der Waals surface area contributed by atoms with Crippen LogP contribution in [0.15, 0.2) is 91.4 Å². The minimum atomic E-state index is -0.969. The van der Waals surface area contributed by atoms with Gasteiger partial charge in [-0.2, -0.15) is 0 Å². The van der Waals surface area contributed by atoms with Crippen molar-refractivity contribution in [1.82, 2.24) is 15.3 Å². The van der Waals surface area contributed by atoms with E-state index in [9.17, 15) is 9.59 Å². The van der Waals surface area contributed by atoms with Gasteiger partial charge in [-0.15, -0.1) is 0 Å². The monoisotopic (exact) mass is 630 g/mol. The van der Waals surface area contributed by atoms with E-state index in [-0.39, 0.29) is 12.0 Å². The molecule has 3 N–H and O–H groups in total. The number of anilines is 3. The number of carbonyl (C=O) groups excluding carboxylic acids is 2. The van der Waals surface area contributed by atoms with Crippen molar-refractivity contribution >= 4 is 63.0 Å². The topological polar surface area (TPSA) is 93.4 Å². The Morgan fingerprint density at radius 1 is 0.886 bits per heavy atom. The van der Waals surface area contributed by atoms with Crippen molar-refractivity contribution in [3.63, 3.8) is 0 Å². The normalized spacial score (nSPS) is 14.0. The Bertz CT molecular complexity index is 1810. The van der Waals surface area contributed by atoms with E-state index in [0.717, 1.165) is 22.2 Å². The summed E-state index contributed by atoms with van der Waals surface area (Å²) >= 11 is 12.2. The lowest BCUT2D eigenvalue weighted by Crippen LogP contribution is -2.46. The lowest BCUT2D eigenvalue weighted by atomic mass is 10.0. The van der Waals surface area contributed by atoms with E-state index in [0.29, 0.717) is 47.6 Å². The summed E-state index contributed by atoms with van der Waals surface area (Å²) in [6.07, 6.45) is 5.15. The van der Waals surface area contributed by atoms with E-state index in [1.165, 1.54) is 12.1 Å². The molecule has 1 fully saturated rings. The summed E-state index contributed by atoms with van der Waals surface area (Å²) in [6, 6.07) is 20.2. The molecule has 8 nitrogen and oxygen atoms in total. The van der Waals surface area contributed by atoms with Gasteiger partial charge in [-0.05, 0) is 60.2 Å². The molecule has 0 radical (unpaired) electrons. The van der Waals surface area contributed by atoms with Gasteiger partial charge in [0.1, 0.15) is 11.9 Å². The van der Waals surface area contributed by atoms with Crippen molar-refractivity contribution in [2.75, 3.05) is 41.3 Å². The van der Waals surface area contributed by atoms with E-state index < -0.39 is 23.7 Å². The number of fused-ring (bicyclic) bond motifs is 1. The molecule has 1 atom stereocenters. The second-order valence-electron chi connectivity index (χ2n) is 10.6. The molecule has 2 amide bonds. The van der Waals surface area contributed by atoms with Crippen LogP contribution < -0.4 is 20.4 Å². The fourth-order valence-electron chi connectivity index (χ4n) is 5.42. The maximum Gasteiger partial charge on any atom is 0.254 e. The zero-order valence-electron chi connectivity index (χ0n) is 23.6. The molecule has 1 aliphatic rings. The van der Waals surface area contributed by atoms with Crippen LogP contribution in [0.5, 0.6) is 0 Å². The van der Waals surface area contributed by atoms with E-state index in [2.05, 4.69) is 30.4 Å². The van der Waals surface area contributed by atoms with Crippen LogP contribution in [0.1, 0.15) is 15.9 Å². The number of benzene rings is 3. The number of halogens is 3. The van der Waals surface area contributed by atoms with Gasteiger partial charge in [0, 0.05) is 79.2 Å². The van der Waals surface area contributed by atoms with Crippen molar-refractivity contribution in [2.24, 2.45) is 0 Å². The smallest absolute Gasteiger partial charge is 0.254 e. The van der Waals surface area contributed by atoms with Gasteiger partial charge in [0.15, 0.2) is 0 Å². The molecule has 2 aromatic heterocycles. The highest BCUT2D eigenvalue weighted by atomic mass is 35.5. The first-order valence-corrected chi connectivity index (χ1v) is 14.9. The number of piperazine rings is 1. The molecule has 1 aliphatic heterocycles. The van der Waals surface area contributed by atoms with Gasteiger partial charge < -0.3 is 25.4 Å². The Morgan fingerprint density at radius 2 is 1.57 bits per heavy atom. The third-order valence-corrected chi connectivity index (χ3v) is 8.52. The number of nitrogens with zero attached hydrogens (tertiary/aromatic N) is 3. The maximum atomic E-state index is 15.4. The maximum absolute atomic E-state index is 15.4. The Balaban J connectivity index is 1.16. The summed E-state index contributed by atoms with van der Waals surface area (Å²) in [4.78, 5) is 38.2. The highest BCUT2D eigenvalue weighted by Gasteiger charge is 2.26. The van der Waals surface area contributed by atoms with E-state index >= 15 is 4.39 Å². The number of aromatic amines is 1. The molecule has 0 aliphatic carbocycles. The standard InChI is InChI=1S/C33H29Cl2FN6O2/c34-27-8-6-23(18-28(27)35)41-13-15-42(16-14-41)24-5-7-26(29(36)19-24)32(43)40-31(33(44)39-22-9-11-37-12-10-22)17-21-20-38-30-4-2-1-3-25(21)30/h1-12,18-20,31,38H,13-17H2,(H,40,43)(H,37,39,44). The number of amides is 2. The predicted octanol–water partition coefficient (Wildman–Crippen LogP) is 6.32. The third kappa shape index (κ3) is 6.49. The number of pyridine rings is 1. The molecule has 44 heavy (non-hydrogen) atoms. The lowest BCUT2D eigenvalue weighted by Gasteiger charge is -2.37. The molecule has 3 heterocycles. The molecule has 5 aromatic rings. The summed E-state index contributed by atoms with van der Waals surface area (Å²) in [5, 5.41) is 7.54. The van der Waals surface area contributed by atoms with Crippen LogP contribution in [0.4, 0.5) is 21.5 Å². The van der Waals surface area contributed by atoms with Crippen molar-refractivity contribution in [3.8, 4) is 0 Å². The predicted molar refractivity (Wildman–Crippen MR) is 173 cm³/mol. The first-order valence-electron chi connectivity index (χ1n) is 14.2. The average Bonchev–Trinajstić information content (AvgIpc) is 3.45. The first-order chi connectivity index (χ1) is 21.4. The van der Waals surface area contributed by atoms with Crippen LogP contribution in [0.3, 0.4) is 0 Å². The van der Waals surface area contributed by atoms with Crippen molar-refractivity contribution < 1.29 is 14.0 Å². The third-order valence-electron chi connectivity index (χ3n) is 7.78. The highest BCUT2D eigenvalue weighted by molar-refractivity contribution is 6.42. The molecular weight excluding hydrogens is 602 g/mol. The van der Waals surface area contributed by atoms with E-state index in [1.54, 1.807) is 36.7 Å². The van der Waals surface area contributed by atoms with Gasteiger partial charge in [-0.25, -0.2) is 4.39 Å². The zero-order chi connectivity index (χ0) is 30.6. The summed E-state index contributed by atoms with van der Waals surface area (Å²) in [5.41, 5.74) is 3.83. The number of hydrogen-bond acceptors (Lipinski definition) is 5. The average molecular weight is 632 g/mol. The Labute approximate surface area is 263 Å². The number of para-hydroxylation sites is 1. The van der Waals surface area contributed by atoms with Gasteiger partial charge in [0.25, 0.3) is 5.91 Å². The van der Waals surface area contributed by atoms with Gasteiger partial charge in [0.05, 0.1) is 15.6 Å². The molecule has 0 bridgehead atoms. The molecule has 6 rings (SSSR count). The lowest BCUT2D eigenvalue weighted by molar-refractivity contribution is -0.118. The van der Waals surface area contributed by atoms with Crippen LogP contribution in [-0.4, -0.2) is 54.0 Å². The van der Waals surface area contributed by atoms with Crippen molar-refractivity contribution in [2.45, 2.75) is 12.5 Å². The van der Waals surface area contributed by atoms with Crippen molar-refractivity contribution in [3.05, 3.63) is 118 Å². The number of aromatic nitrogens is 2. The molecule has 1 saturated heterocycles. The molecule has 1 unspecified atom stereocenters. The van der Waals surface area contributed by atoms with E-state index in [4.69, 9.17) is 23.2 Å². The van der Waals surface area contributed by atoms with Gasteiger partial charge in [-0.1, -0.05) is 41.4 Å². The summed E-state index contributed by atoms with van der Waals surface area (Å²) in [5.74, 6) is -1.76. The summed E-state index contributed by atoms with van der Waals surface area (Å²) in [6.45, 7) is 2.74. The molecule has 224 valence electrons. The number of rotatable bonds is 8. The van der Waals surface area contributed by atoms with Crippen molar-refractivity contribution in [1.29, 1.82) is 0 Å². The highest BCUT2D eigenvalue weighted by Crippen LogP contribution is 2.29. The first kappa shape index (κ1) is 29.5. The number of hydrogen-bond donors (Lipinski definition) is 3. The zero-order valence-corrected chi connectivity index (χ0v) is 25.1. The van der Waals surface area contributed by atoms with E-state index in [1.807, 2.05) is 42.6 Å². The molecule has 11 heteroatoms. The van der Waals surface area contributed by atoms with Crippen LogP contribution >= 0.6 is 23.2 Å². The number of H-pyrrole nitrogens is 1. The second kappa shape index (κ2) is 13.0. The van der Waals surface area contributed by atoms with Crippen LogP contribution in [0, 0.1) is 5.82 Å². The second-order valence-corrected chi connectivity index (χ2v) is 11.4. The van der Waals surface area contributed by atoms with Gasteiger partial charge in [-0.3, -0.25) is 14.6 Å². The summed E-state index contributed by atoms with van der Waals surface area (Å²) < 4.78 is 15.4. The minimum absolute atomic E-state index is 0.135. The molecule has 0 spiro atoms. The summed E-state index contributed by atoms with van der Waals surface area (Å²) in [7, 11) is 0. The Morgan fingerprint density at radius 3 is 2.27 bits per heavy atom. The Hall–Kier alpha value is -4.60. The van der Waals surface area contributed by atoms with Crippen LogP contribution in [0.2, 0.25) is 10.0 Å². The fourth-order valence-corrected chi connectivity index (χ4v) is 5.71. The van der Waals surface area contributed by atoms with Crippen LogP contribution in [-0.2, 0) is 11.2 Å². The fraction of sp³-hybridized carbons (Fsp3) is 0.182. The van der Waals surface area contributed by atoms with Crippen LogP contribution in [0.25, 0.3) is 10.9 Å². The number of carbonyl (C=O) groups is 2. The number of nitrogens with one attached hydrogen (secondary N) is 3. The molecular formula is C33H29Cl2FN6O2.